The molecule has 0 spiro atoms. The molecule has 2 aromatic carbocycles. The molecule has 5 rings (SSSR count). The number of nitrogens with zero attached hydrogens (tertiary/aromatic N) is 3. The topological polar surface area (TPSA) is 83.1 Å². The first-order chi connectivity index (χ1) is 17.9. The van der Waals surface area contributed by atoms with E-state index in [1.807, 2.05) is 88.9 Å². The summed E-state index contributed by atoms with van der Waals surface area (Å²) in [6, 6.07) is 19.5. The number of pyridine rings is 2. The maximum atomic E-state index is 13.4. The first kappa shape index (κ1) is 24.5. The molecule has 0 aliphatic carbocycles. The van der Waals surface area contributed by atoms with Crippen LogP contribution >= 0.6 is 0 Å². The minimum atomic E-state index is -0.249. The smallest absolute Gasteiger partial charge is 0.252 e. The number of nitrogens with one attached hydrogen (secondary N) is 2. The maximum absolute atomic E-state index is 13.4. The molecule has 3 heterocycles. The van der Waals surface area contributed by atoms with Crippen LogP contribution in [-0.2, 0) is 0 Å². The monoisotopic (exact) mass is 493 g/mol. The number of carbonyl (C=O) groups excluding carboxylic acids is 1. The number of likely N-dealkylation sites (N-methyl/N-ethyl adjacent to an activating group) is 1. The van der Waals surface area contributed by atoms with Crippen LogP contribution in [-0.4, -0.2) is 53.0 Å². The number of ether oxygens (including phenoxy) is 1. The number of benzene rings is 2. The number of aromatic amines is 1. The molecule has 0 saturated carbocycles. The number of para-hydroxylation sites is 1. The lowest BCUT2D eigenvalue weighted by Gasteiger charge is -2.19. The molecule has 0 bridgehead atoms. The fraction of sp³-hybridized carbons (Fsp3) is 0.233. The number of carbonyl (C=O) groups is 1. The Kier molecular flexibility index (Phi) is 6.88. The van der Waals surface area contributed by atoms with Crippen LogP contribution in [0.5, 0.6) is 5.75 Å². The second kappa shape index (κ2) is 10.4. The standard InChI is InChI=1S/C30H31N5O2/c1-19-9-10-23(37-14-13-35(3)4)16-25(19)30(36)33-20(2)26-17-28(34-27-8-6-5-7-24(26)27)22-15-21-11-12-31-29(21)32-18-22/h5-12,15-18,20H,13-14H2,1-4H3,(H,31,32)(H,33,36). The van der Waals surface area contributed by atoms with Crippen LogP contribution in [0.4, 0.5) is 0 Å². The quantitative estimate of drug-likeness (QED) is 0.298. The van der Waals surface area contributed by atoms with Crippen molar-refractivity contribution in [1.82, 2.24) is 25.2 Å². The summed E-state index contributed by atoms with van der Waals surface area (Å²) in [6.45, 7) is 5.30. The van der Waals surface area contributed by atoms with Gasteiger partial charge in [0, 0.05) is 40.8 Å². The SMILES string of the molecule is Cc1ccc(OCCN(C)C)cc1C(=O)NC(C)c1cc(-c2cnc3[nH]ccc3c2)nc2ccccc12. The van der Waals surface area contributed by atoms with Crippen LogP contribution in [0.2, 0.25) is 0 Å². The summed E-state index contributed by atoms with van der Waals surface area (Å²) in [5.74, 6) is 0.551. The largest absolute Gasteiger partial charge is 0.492 e. The summed E-state index contributed by atoms with van der Waals surface area (Å²) >= 11 is 0. The van der Waals surface area contributed by atoms with Crippen LogP contribution in [0.1, 0.15) is 34.5 Å². The highest BCUT2D eigenvalue weighted by Gasteiger charge is 2.18. The van der Waals surface area contributed by atoms with E-state index in [4.69, 9.17) is 9.72 Å². The van der Waals surface area contributed by atoms with Gasteiger partial charge in [0.25, 0.3) is 5.91 Å². The number of fused-ring (bicyclic) bond motifs is 2. The average Bonchev–Trinajstić information content (AvgIpc) is 3.36. The van der Waals surface area contributed by atoms with E-state index in [-0.39, 0.29) is 11.9 Å². The number of hydrogen-bond acceptors (Lipinski definition) is 5. The first-order valence-corrected chi connectivity index (χ1v) is 12.4. The second-order valence-corrected chi connectivity index (χ2v) is 9.58. The van der Waals surface area contributed by atoms with Gasteiger partial charge >= 0.3 is 0 Å². The molecule has 0 fully saturated rings. The molecule has 0 aliphatic rings. The number of rotatable bonds is 8. The average molecular weight is 494 g/mol. The minimum Gasteiger partial charge on any atom is -0.492 e. The van der Waals surface area contributed by atoms with Crippen molar-refractivity contribution in [2.24, 2.45) is 0 Å². The molecule has 2 N–H and O–H groups in total. The molecule has 1 amide bonds. The highest BCUT2D eigenvalue weighted by atomic mass is 16.5. The number of amides is 1. The Balaban J connectivity index is 1.44. The van der Waals surface area contributed by atoms with Crippen molar-refractivity contribution in [2.45, 2.75) is 19.9 Å². The predicted molar refractivity (Wildman–Crippen MR) is 148 cm³/mol. The number of aryl methyl sites for hydroxylation is 1. The lowest BCUT2D eigenvalue weighted by molar-refractivity contribution is 0.0939. The fourth-order valence-electron chi connectivity index (χ4n) is 4.42. The summed E-state index contributed by atoms with van der Waals surface area (Å²) in [5.41, 5.74) is 5.96. The normalized spacial score (nSPS) is 12.2. The Morgan fingerprint density at radius 1 is 1.11 bits per heavy atom. The van der Waals surface area contributed by atoms with Gasteiger partial charge in [-0.25, -0.2) is 9.97 Å². The van der Waals surface area contributed by atoms with Gasteiger partial charge in [0.05, 0.1) is 17.3 Å². The molecule has 0 saturated heterocycles. The predicted octanol–water partition coefficient (Wildman–Crippen LogP) is 5.52. The third-order valence-electron chi connectivity index (χ3n) is 6.52. The van der Waals surface area contributed by atoms with Gasteiger partial charge in [-0.1, -0.05) is 24.3 Å². The zero-order valence-electron chi connectivity index (χ0n) is 21.6. The molecule has 37 heavy (non-hydrogen) atoms. The summed E-state index contributed by atoms with van der Waals surface area (Å²) < 4.78 is 5.86. The third-order valence-corrected chi connectivity index (χ3v) is 6.52. The molecule has 0 aliphatic heterocycles. The van der Waals surface area contributed by atoms with Crippen molar-refractivity contribution in [3.05, 3.63) is 89.7 Å². The lowest BCUT2D eigenvalue weighted by Crippen LogP contribution is -2.27. The van der Waals surface area contributed by atoms with E-state index in [2.05, 4.69) is 32.3 Å². The molecule has 1 atom stereocenters. The summed E-state index contributed by atoms with van der Waals surface area (Å²) in [5, 5.41) is 5.23. The van der Waals surface area contributed by atoms with E-state index in [9.17, 15) is 4.79 Å². The van der Waals surface area contributed by atoms with Crippen LogP contribution in [0.15, 0.2) is 73.1 Å². The van der Waals surface area contributed by atoms with Crippen molar-refractivity contribution >= 4 is 27.8 Å². The van der Waals surface area contributed by atoms with Crippen LogP contribution in [0, 0.1) is 6.92 Å². The van der Waals surface area contributed by atoms with E-state index >= 15 is 0 Å². The van der Waals surface area contributed by atoms with E-state index < -0.39 is 0 Å². The molecule has 188 valence electrons. The first-order valence-electron chi connectivity index (χ1n) is 12.4. The summed E-state index contributed by atoms with van der Waals surface area (Å²) in [6.07, 6.45) is 3.71. The second-order valence-electron chi connectivity index (χ2n) is 9.58. The number of H-pyrrole nitrogens is 1. The van der Waals surface area contributed by atoms with Crippen molar-refractivity contribution in [1.29, 1.82) is 0 Å². The van der Waals surface area contributed by atoms with Gasteiger partial charge in [-0.05, 0) is 75.5 Å². The van der Waals surface area contributed by atoms with E-state index in [0.717, 1.165) is 50.9 Å². The fourth-order valence-corrected chi connectivity index (χ4v) is 4.42. The molecule has 1 unspecified atom stereocenters. The molecular formula is C30H31N5O2. The van der Waals surface area contributed by atoms with Crippen molar-refractivity contribution in [2.75, 3.05) is 27.2 Å². The van der Waals surface area contributed by atoms with Gasteiger partial charge in [-0.15, -0.1) is 0 Å². The summed E-state index contributed by atoms with van der Waals surface area (Å²) in [7, 11) is 4.00. The molecule has 5 aromatic rings. The van der Waals surface area contributed by atoms with Crippen molar-refractivity contribution in [3.63, 3.8) is 0 Å². The Morgan fingerprint density at radius 3 is 2.78 bits per heavy atom. The van der Waals surface area contributed by atoms with Gasteiger partial charge in [0.2, 0.25) is 0 Å². The highest BCUT2D eigenvalue weighted by Crippen LogP contribution is 2.30. The molecule has 3 aromatic heterocycles. The number of hydrogen-bond donors (Lipinski definition) is 2. The van der Waals surface area contributed by atoms with E-state index in [0.29, 0.717) is 17.9 Å². The Morgan fingerprint density at radius 2 is 1.95 bits per heavy atom. The van der Waals surface area contributed by atoms with Gasteiger partial charge in [-0.3, -0.25) is 4.79 Å². The van der Waals surface area contributed by atoms with Gasteiger partial charge in [0.15, 0.2) is 0 Å². The van der Waals surface area contributed by atoms with Crippen LogP contribution < -0.4 is 10.1 Å². The van der Waals surface area contributed by atoms with Gasteiger partial charge < -0.3 is 19.9 Å². The summed E-state index contributed by atoms with van der Waals surface area (Å²) in [4.78, 5) is 28.0. The Bertz CT molecular complexity index is 1570. The molecule has 7 nitrogen and oxygen atoms in total. The molecular weight excluding hydrogens is 462 g/mol. The zero-order valence-corrected chi connectivity index (χ0v) is 21.6. The molecule has 0 radical (unpaired) electrons. The van der Waals surface area contributed by atoms with Crippen molar-refractivity contribution < 1.29 is 9.53 Å². The maximum Gasteiger partial charge on any atom is 0.252 e. The number of aromatic nitrogens is 3. The Labute approximate surface area is 216 Å². The van der Waals surface area contributed by atoms with E-state index in [1.165, 1.54) is 0 Å². The third kappa shape index (κ3) is 5.32. The zero-order chi connectivity index (χ0) is 25.9. The Hall–Kier alpha value is -4.23. The molecule has 7 heteroatoms. The van der Waals surface area contributed by atoms with Gasteiger partial charge in [0.1, 0.15) is 18.0 Å². The van der Waals surface area contributed by atoms with Crippen LogP contribution in [0.25, 0.3) is 33.2 Å². The highest BCUT2D eigenvalue weighted by molar-refractivity contribution is 5.97. The van der Waals surface area contributed by atoms with Crippen molar-refractivity contribution in [3.8, 4) is 17.0 Å². The minimum absolute atomic E-state index is 0.138. The van der Waals surface area contributed by atoms with Gasteiger partial charge in [-0.2, -0.15) is 0 Å². The lowest BCUT2D eigenvalue weighted by atomic mass is 9.99. The van der Waals surface area contributed by atoms with E-state index in [1.54, 1.807) is 0 Å². The van der Waals surface area contributed by atoms with Crippen LogP contribution in [0.3, 0.4) is 0 Å².